The second kappa shape index (κ2) is 6.72. The average molecular weight is 302 g/mol. The minimum Gasteiger partial charge on any atom is -0.347 e. The predicted octanol–water partition coefficient (Wildman–Crippen LogP) is 1.47. The van der Waals surface area contributed by atoms with Gasteiger partial charge in [0.1, 0.15) is 11.9 Å². The van der Waals surface area contributed by atoms with Crippen LogP contribution in [0.25, 0.3) is 0 Å². The summed E-state index contributed by atoms with van der Waals surface area (Å²) in [5.41, 5.74) is 0. The molecule has 7 nitrogen and oxygen atoms in total. The third kappa shape index (κ3) is 3.03. The summed E-state index contributed by atoms with van der Waals surface area (Å²) in [7, 11) is 0. The Kier molecular flexibility index (Phi) is 4.50. The third-order valence-corrected chi connectivity index (χ3v) is 4.14. The van der Waals surface area contributed by atoms with Crippen molar-refractivity contribution in [2.24, 2.45) is 0 Å². The highest BCUT2D eigenvalue weighted by molar-refractivity contribution is 5.79. The topological polar surface area (TPSA) is 77.6 Å². The lowest BCUT2D eigenvalue weighted by Crippen LogP contribution is -2.33. The molecule has 1 N–H and O–H groups in total. The molecule has 0 bridgehead atoms. The van der Waals surface area contributed by atoms with Crippen molar-refractivity contribution < 1.29 is 4.79 Å². The highest BCUT2D eigenvalue weighted by Crippen LogP contribution is 2.15. The summed E-state index contributed by atoms with van der Waals surface area (Å²) in [5, 5.41) is 15.6. The van der Waals surface area contributed by atoms with Gasteiger partial charge in [0.2, 0.25) is 5.91 Å². The third-order valence-electron chi connectivity index (χ3n) is 4.14. The van der Waals surface area contributed by atoms with Crippen LogP contribution < -0.4 is 5.32 Å². The number of rotatable bonds is 5. The van der Waals surface area contributed by atoms with Gasteiger partial charge in [-0.1, -0.05) is 13.3 Å². The van der Waals surface area contributed by atoms with Crippen molar-refractivity contribution >= 4 is 5.91 Å². The molecule has 3 heterocycles. The van der Waals surface area contributed by atoms with Crippen molar-refractivity contribution in [2.45, 2.75) is 58.2 Å². The summed E-state index contributed by atoms with van der Waals surface area (Å²) in [6, 6.07) is 1.55. The highest BCUT2D eigenvalue weighted by atomic mass is 16.2. The number of fused-ring (bicyclic) bond motifs is 1. The summed E-state index contributed by atoms with van der Waals surface area (Å²) >= 11 is 0. The minimum absolute atomic E-state index is 0.0304. The first-order chi connectivity index (χ1) is 10.8. The van der Waals surface area contributed by atoms with Crippen LogP contribution in [0.2, 0.25) is 0 Å². The minimum atomic E-state index is -0.276. The van der Waals surface area contributed by atoms with Gasteiger partial charge in [0.15, 0.2) is 5.82 Å². The fraction of sp³-hybridized carbons (Fsp3) is 0.600. The number of aromatic nitrogens is 5. The summed E-state index contributed by atoms with van der Waals surface area (Å²) < 4.78 is 3.85. The van der Waals surface area contributed by atoms with Crippen LogP contribution in [0.5, 0.6) is 0 Å². The SMILES string of the molecule is CC[C@H](C(=O)NCc1nnc2n1CCCCC2)n1cccn1. The summed E-state index contributed by atoms with van der Waals surface area (Å²) in [4.78, 5) is 12.4. The molecule has 0 saturated heterocycles. The monoisotopic (exact) mass is 302 g/mol. The molecule has 0 saturated carbocycles. The average Bonchev–Trinajstić information content (AvgIpc) is 3.11. The first kappa shape index (κ1) is 14.7. The molecule has 0 spiro atoms. The molecular weight excluding hydrogens is 280 g/mol. The molecule has 2 aromatic heterocycles. The first-order valence-corrected chi connectivity index (χ1v) is 7.97. The maximum absolute atomic E-state index is 12.4. The Labute approximate surface area is 129 Å². The van der Waals surface area contributed by atoms with E-state index < -0.39 is 0 Å². The normalized spacial score (nSPS) is 15.9. The molecule has 0 aliphatic carbocycles. The quantitative estimate of drug-likeness (QED) is 0.907. The molecule has 22 heavy (non-hydrogen) atoms. The Morgan fingerprint density at radius 2 is 2.27 bits per heavy atom. The Balaban J connectivity index is 1.65. The van der Waals surface area contributed by atoms with Crippen LogP contribution in [0, 0.1) is 0 Å². The number of nitrogens with zero attached hydrogens (tertiary/aromatic N) is 5. The van der Waals surface area contributed by atoms with Crippen LogP contribution in [0.4, 0.5) is 0 Å². The largest absolute Gasteiger partial charge is 0.347 e. The Bertz CT molecular complexity index is 618. The zero-order valence-corrected chi connectivity index (χ0v) is 12.9. The number of carbonyl (C=O) groups is 1. The van der Waals surface area contributed by atoms with Crippen molar-refractivity contribution in [1.82, 2.24) is 29.9 Å². The van der Waals surface area contributed by atoms with Gasteiger partial charge in [-0.15, -0.1) is 10.2 Å². The smallest absolute Gasteiger partial charge is 0.245 e. The molecular formula is C15H22N6O. The second-order valence-electron chi connectivity index (χ2n) is 5.62. The van der Waals surface area contributed by atoms with Gasteiger partial charge in [0.05, 0.1) is 6.54 Å². The fourth-order valence-corrected chi connectivity index (χ4v) is 2.92. The van der Waals surface area contributed by atoms with E-state index in [4.69, 9.17) is 0 Å². The van der Waals surface area contributed by atoms with Gasteiger partial charge in [-0.05, 0) is 25.3 Å². The van der Waals surface area contributed by atoms with Gasteiger partial charge in [-0.2, -0.15) is 5.10 Å². The van der Waals surface area contributed by atoms with E-state index in [0.717, 1.165) is 31.0 Å². The van der Waals surface area contributed by atoms with Crippen molar-refractivity contribution in [2.75, 3.05) is 0 Å². The van der Waals surface area contributed by atoms with Crippen molar-refractivity contribution in [3.8, 4) is 0 Å². The van der Waals surface area contributed by atoms with Crippen molar-refractivity contribution in [3.63, 3.8) is 0 Å². The number of hydrogen-bond donors (Lipinski definition) is 1. The number of carbonyl (C=O) groups excluding carboxylic acids is 1. The lowest BCUT2D eigenvalue weighted by Gasteiger charge is -2.15. The fourth-order valence-electron chi connectivity index (χ4n) is 2.92. The van der Waals surface area contributed by atoms with Crippen LogP contribution >= 0.6 is 0 Å². The molecule has 1 aliphatic heterocycles. The van der Waals surface area contributed by atoms with E-state index in [9.17, 15) is 4.79 Å². The molecule has 0 radical (unpaired) electrons. The van der Waals surface area contributed by atoms with Gasteiger partial charge in [0, 0.05) is 25.4 Å². The van der Waals surface area contributed by atoms with Gasteiger partial charge in [-0.3, -0.25) is 9.48 Å². The van der Waals surface area contributed by atoms with Gasteiger partial charge in [0.25, 0.3) is 0 Å². The molecule has 3 rings (SSSR count). The Hall–Kier alpha value is -2.18. The second-order valence-corrected chi connectivity index (χ2v) is 5.62. The van der Waals surface area contributed by atoms with E-state index in [1.807, 2.05) is 19.2 Å². The van der Waals surface area contributed by atoms with E-state index in [-0.39, 0.29) is 11.9 Å². The molecule has 2 aromatic rings. The van der Waals surface area contributed by atoms with Crippen LogP contribution in [0.1, 0.15) is 50.3 Å². The lowest BCUT2D eigenvalue weighted by atomic mass is 10.2. The number of aryl methyl sites for hydroxylation is 1. The molecule has 0 unspecified atom stereocenters. The van der Waals surface area contributed by atoms with Crippen molar-refractivity contribution in [1.29, 1.82) is 0 Å². The van der Waals surface area contributed by atoms with Gasteiger partial charge >= 0.3 is 0 Å². The summed E-state index contributed by atoms with van der Waals surface area (Å²) in [6.07, 6.45) is 8.73. The zero-order valence-electron chi connectivity index (χ0n) is 12.9. The summed E-state index contributed by atoms with van der Waals surface area (Å²) in [5.74, 6) is 1.86. The molecule has 0 fully saturated rings. The maximum Gasteiger partial charge on any atom is 0.245 e. The van der Waals surface area contributed by atoms with Crippen LogP contribution in [0.3, 0.4) is 0 Å². The Morgan fingerprint density at radius 3 is 3.05 bits per heavy atom. The predicted molar refractivity (Wildman–Crippen MR) is 81.0 cm³/mol. The Morgan fingerprint density at radius 1 is 1.36 bits per heavy atom. The molecule has 1 atom stereocenters. The highest BCUT2D eigenvalue weighted by Gasteiger charge is 2.20. The number of amides is 1. The van der Waals surface area contributed by atoms with E-state index in [0.29, 0.717) is 13.0 Å². The van der Waals surface area contributed by atoms with E-state index in [1.165, 1.54) is 12.8 Å². The summed E-state index contributed by atoms with van der Waals surface area (Å²) in [6.45, 7) is 3.35. The van der Waals surface area contributed by atoms with E-state index >= 15 is 0 Å². The van der Waals surface area contributed by atoms with Crippen LogP contribution in [-0.4, -0.2) is 30.5 Å². The molecule has 1 aliphatic rings. The van der Waals surface area contributed by atoms with Crippen molar-refractivity contribution in [3.05, 3.63) is 30.1 Å². The van der Waals surface area contributed by atoms with E-state index in [2.05, 4.69) is 25.2 Å². The molecule has 0 aromatic carbocycles. The first-order valence-electron chi connectivity index (χ1n) is 7.97. The molecule has 118 valence electrons. The lowest BCUT2D eigenvalue weighted by molar-refractivity contribution is -0.124. The van der Waals surface area contributed by atoms with Gasteiger partial charge < -0.3 is 9.88 Å². The standard InChI is InChI=1S/C15H22N6O/c1-2-12(21-10-6-8-17-21)15(22)16-11-14-19-18-13-7-4-3-5-9-20(13)14/h6,8,10,12H,2-5,7,9,11H2,1H3,(H,16,22)/t12-/m1/s1. The molecule has 1 amide bonds. The van der Waals surface area contributed by atoms with Crippen LogP contribution in [-0.2, 0) is 24.3 Å². The molecule has 7 heteroatoms. The van der Waals surface area contributed by atoms with E-state index in [1.54, 1.807) is 10.9 Å². The van der Waals surface area contributed by atoms with Crippen LogP contribution in [0.15, 0.2) is 18.5 Å². The van der Waals surface area contributed by atoms with Gasteiger partial charge in [-0.25, -0.2) is 0 Å². The number of nitrogens with one attached hydrogen (secondary N) is 1. The zero-order chi connectivity index (χ0) is 15.4. The number of hydrogen-bond acceptors (Lipinski definition) is 4. The maximum atomic E-state index is 12.4.